The molecule has 4 aromatic rings. The molecule has 2 amide bonds. The third-order valence-corrected chi connectivity index (χ3v) is 4.95. The van der Waals surface area contributed by atoms with Gasteiger partial charge in [-0.15, -0.1) is 5.10 Å². The van der Waals surface area contributed by atoms with E-state index in [-0.39, 0.29) is 12.6 Å². The second-order valence-electron chi connectivity index (χ2n) is 6.03. The average molecular weight is 517 g/mol. The van der Waals surface area contributed by atoms with Crippen LogP contribution in [0.1, 0.15) is 5.69 Å². The Morgan fingerprint density at radius 2 is 1.79 bits per heavy atom. The van der Waals surface area contributed by atoms with Crippen LogP contribution in [0, 0.1) is 0 Å². The van der Waals surface area contributed by atoms with Crippen LogP contribution in [0.5, 0.6) is 0 Å². The Hall–Kier alpha value is -2.98. The van der Waals surface area contributed by atoms with Crippen molar-refractivity contribution in [1.82, 2.24) is 30.1 Å². The first-order valence-corrected chi connectivity index (χ1v) is 10.2. The SMILES string of the molecule is O=C(NCc1cnn(-c2cccc(Br)c2)n1)Nc1ccn(-c2ccc(Br)cc2)n1. The van der Waals surface area contributed by atoms with Gasteiger partial charge in [0.05, 0.1) is 24.1 Å². The van der Waals surface area contributed by atoms with E-state index in [4.69, 9.17) is 0 Å². The van der Waals surface area contributed by atoms with E-state index in [0.29, 0.717) is 11.5 Å². The summed E-state index contributed by atoms with van der Waals surface area (Å²) in [4.78, 5) is 13.7. The molecule has 2 aromatic carbocycles. The first-order chi connectivity index (χ1) is 14.1. The minimum absolute atomic E-state index is 0.243. The quantitative estimate of drug-likeness (QED) is 0.414. The van der Waals surface area contributed by atoms with Crippen molar-refractivity contribution in [1.29, 1.82) is 0 Å². The molecule has 29 heavy (non-hydrogen) atoms. The van der Waals surface area contributed by atoms with Gasteiger partial charge in [0.25, 0.3) is 0 Å². The Balaban J connectivity index is 1.33. The summed E-state index contributed by atoms with van der Waals surface area (Å²) in [5.41, 5.74) is 2.36. The highest BCUT2D eigenvalue weighted by atomic mass is 79.9. The van der Waals surface area contributed by atoms with E-state index >= 15 is 0 Å². The van der Waals surface area contributed by atoms with Gasteiger partial charge in [0.15, 0.2) is 5.82 Å². The summed E-state index contributed by atoms with van der Waals surface area (Å²) in [5, 5.41) is 18.4. The van der Waals surface area contributed by atoms with Crippen LogP contribution in [0.2, 0.25) is 0 Å². The number of nitrogens with zero attached hydrogens (tertiary/aromatic N) is 5. The molecule has 4 rings (SSSR count). The number of halogens is 2. The largest absolute Gasteiger partial charge is 0.332 e. The Morgan fingerprint density at radius 3 is 2.59 bits per heavy atom. The number of aromatic nitrogens is 5. The van der Waals surface area contributed by atoms with Crippen LogP contribution in [0.4, 0.5) is 10.6 Å². The van der Waals surface area contributed by atoms with Crippen LogP contribution in [-0.4, -0.2) is 30.8 Å². The lowest BCUT2D eigenvalue weighted by Crippen LogP contribution is -2.28. The van der Waals surface area contributed by atoms with E-state index in [1.807, 2.05) is 48.5 Å². The molecular weight excluding hydrogens is 502 g/mol. The molecule has 0 aliphatic rings. The number of hydrogen-bond donors (Lipinski definition) is 2. The molecule has 0 spiro atoms. The van der Waals surface area contributed by atoms with Crippen LogP contribution < -0.4 is 10.6 Å². The maximum absolute atomic E-state index is 12.2. The molecule has 2 aromatic heterocycles. The third-order valence-electron chi connectivity index (χ3n) is 3.93. The molecule has 0 radical (unpaired) electrons. The fourth-order valence-corrected chi connectivity index (χ4v) is 3.21. The molecule has 10 heteroatoms. The van der Waals surface area contributed by atoms with Crippen molar-refractivity contribution in [2.24, 2.45) is 0 Å². The molecule has 0 unspecified atom stereocenters. The number of urea groups is 1. The molecule has 0 saturated heterocycles. The van der Waals surface area contributed by atoms with E-state index in [0.717, 1.165) is 20.3 Å². The van der Waals surface area contributed by atoms with Gasteiger partial charge in [-0.05, 0) is 42.5 Å². The van der Waals surface area contributed by atoms with E-state index in [1.165, 1.54) is 4.80 Å². The Kier molecular flexibility index (Phi) is 5.72. The minimum Gasteiger partial charge on any atom is -0.332 e. The van der Waals surface area contributed by atoms with Gasteiger partial charge in [0.1, 0.15) is 5.69 Å². The lowest BCUT2D eigenvalue weighted by atomic mass is 10.3. The number of hydrogen-bond acceptors (Lipinski definition) is 4. The summed E-state index contributed by atoms with van der Waals surface area (Å²) in [6, 6.07) is 16.7. The van der Waals surface area contributed by atoms with Crippen molar-refractivity contribution in [3.63, 3.8) is 0 Å². The summed E-state index contributed by atoms with van der Waals surface area (Å²) >= 11 is 6.83. The van der Waals surface area contributed by atoms with E-state index in [2.05, 4.69) is 57.8 Å². The molecule has 0 aliphatic carbocycles. The highest BCUT2D eigenvalue weighted by Crippen LogP contribution is 2.15. The maximum Gasteiger partial charge on any atom is 0.320 e. The molecule has 8 nitrogen and oxygen atoms in total. The van der Waals surface area contributed by atoms with Crippen molar-refractivity contribution in [2.75, 3.05) is 5.32 Å². The highest BCUT2D eigenvalue weighted by Gasteiger charge is 2.08. The lowest BCUT2D eigenvalue weighted by molar-refractivity contribution is 0.251. The number of carbonyl (C=O) groups excluding carboxylic acids is 1. The molecule has 2 N–H and O–H groups in total. The maximum atomic E-state index is 12.2. The smallest absolute Gasteiger partial charge is 0.320 e. The van der Waals surface area contributed by atoms with Crippen molar-refractivity contribution in [3.05, 3.63) is 81.6 Å². The van der Waals surface area contributed by atoms with E-state index < -0.39 is 0 Å². The number of amides is 2. The number of carbonyl (C=O) groups is 1. The van der Waals surface area contributed by atoms with Gasteiger partial charge in [-0.25, -0.2) is 9.48 Å². The Bertz CT molecular complexity index is 1140. The predicted molar refractivity (Wildman–Crippen MR) is 116 cm³/mol. The Labute approximate surface area is 183 Å². The van der Waals surface area contributed by atoms with Crippen LogP contribution in [0.15, 0.2) is 75.9 Å². The summed E-state index contributed by atoms with van der Waals surface area (Å²) in [6.07, 6.45) is 3.39. The molecular formula is C19H15Br2N7O. The summed E-state index contributed by atoms with van der Waals surface area (Å²) in [5.74, 6) is 0.447. The van der Waals surface area contributed by atoms with Crippen LogP contribution in [0.25, 0.3) is 11.4 Å². The van der Waals surface area contributed by atoms with Gasteiger partial charge >= 0.3 is 6.03 Å². The highest BCUT2D eigenvalue weighted by molar-refractivity contribution is 9.10. The van der Waals surface area contributed by atoms with E-state index in [1.54, 1.807) is 23.1 Å². The molecule has 0 aliphatic heterocycles. The van der Waals surface area contributed by atoms with Crippen LogP contribution in [-0.2, 0) is 6.54 Å². The summed E-state index contributed by atoms with van der Waals surface area (Å²) in [6.45, 7) is 0.243. The second kappa shape index (κ2) is 8.58. The van der Waals surface area contributed by atoms with Gasteiger partial charge in [0.2, 0.25) is 0 Å². The van der Waals surface area contributed by atoms with Gasteiger partial charge < -0.3 is 5.32 Å². The minimum atomic E-state index is -0.372. The van der Waals surface area contributed by atoms with Crippen molar-refractivity contribution in [2.45, 2.75) is 6.54 Å². The lowest BCUT2D eigenvalue weighted by Gasteiger charge is -2.04. The summed E-state index contributed by atoms with van der Waals surface area (Å²) in [7, 11) is 0. The van der Waals surface area contributed by atoms with Crippen molar-refractivity contribution < 1.29 is 4.79 Å². The van der Waals surface area contributed by atoms with Gasteiger partial charge in [-0.3, -0.25) is 5.32 Å². The molecule has 0 saturated carbocycles. The van der Waals surface area contributed by atoms with Gasteiger partial charge in [0, 0.05) is 21.2 Å². The third kappa shape index (κ3) is 4.90. The number of rotatable bonds is 5. The number of anilines is 1. The normalized spacial score (nSPS) is 10.7. The zero-order valence-corrected chi connectivity index (χ0v) is 18.1. The summed E-state index contributed by atoms with van der Waals surface area (Å²) < 4.78 is 3.61. The molecule has 0 atom stereocenters. The first-order valence-electron chi connectivity index (χ1n) is 8.60. The van der Waals surface area contributed by atoms with Gasteiger partial charge in [-0.1, -0.05) is 37.9 Å². The van der Waals surface area contributed by atoms with E-state index in [9.17, 15) is 4.79 Å². The number of benzene rings is 2. The predicted octanol–water partition coefficient (Wildman–Crippen LogP) is 4.30. The monoisotopic (exact) mass is 515 g/mol. The van der Waals surface area contributed by atoms with Crippen LogP contribution >= 0.6 is 31.9 Å². The molecule has 2 heterocycles. The Morgan fingerprint density at radius 1 is 0.966 bits per heavy atom. The molecule has 146 valence electrons. The fourth-order valence-electron chi connectivity index (χ4n) is 2.56. The standard InChI is InChI=1S/C19H15Br2N7O/c20-13-4-6-16(7-5-13)27-9-8-18(26-27)24-19(29)22-11-15-12-23-28(25-15)17-3-1-2-14(21)10-17/h1-10,12H,11H2,(H2,22,24,26,29). The zero-order chi connectivity index (χ0) is 20.2. The zero-order valence-electron chi connectivity index (χ0n) is 15.0. The second-order valence-corrected chi connectivity index (χ2v) is 7.87. The topological polar surface area (TPSA) is 89.7 Å². The first kappa shape index (κ1) is 19.3. The molecule has 0 fully saturated rings. The van der Waals surface area contributed by atoms with Crippen molar-refractivity contribution >= 4 is 43.7 Å². The number of nitrogens with one attached hydrogen (secondary N) is 2. The van der Waals surface area contributed by atoms with Crippen LogP contribution in [0.3, 0.4) is 0 Å². The van der Waals surface area contributed by atoms with Gasteiger partial charge in [-0.2, -0.15) is 15.0 Å². The average Bonchev–Trinajstić information content (AvgIpc) is 3.37. The van der Waals surface area contributed by atoms with Crippen molar-refractivity contribution in [3.8, 4) is 11.4 Å². The fraction of sp³-hybridized carbons (Fsp3) is 0.0526. The molecule has 0 bridgehead atoms.